The third-order valence-corrected chi connectivity index (χ3v) is 4.22. The van der Waals surface area contributed by atoms with Crippen LogP contribution in [0.4, 0.5) is 0 Å². The van der Waals surface area contributed by atoms with Gasteiger partial charge in [0.1, 0.15) is 11.5 Å². The summed E-state index contributed by atoms with van der Waals surface area (Å²) in [5.41, 5.74) is 1.12. The molecule has 0 radical (unpaired) electrons. The number of ether oxygens (including phenoxy) is 2. The summed E-state index contributed by atoms with van der Waals surface area (Å²) >= 11 is 0. The van der Waals surface area contributed by atoms with E-state index in [1.54, 1.807) is 21.3 Å². The number of amides is 1. The summed E-state index contributed by atoms with van der Waals surface area (Å²) < 4.78 is 10.8. The first kappa shape index (κ1) is 15.6. The maximum atomic E-state index is 11.9. The smallest absolute Gasteiger partial charge is 0.236 e. The van der Waals surface area contributed by atoms with Crippen molar-refractivity contribution in [2.75, 3.05) is 27.8 Å². The molecule has 21 heavy (non-hydrogen) atoms. The fraction of sp³-hybridized carbons (Fsp3) is 0.562. The maximum absolute atomic E-state index is 11.9. The Labute approximate surface area is 126 Å². The minimum Gasteiger partial charge on any atom is -0.497 e. The van der Waals surface area contributed by atoms with Gasteiger partial charge in [0.15, 0.2) is 0 Å². The molecule has 0 unspecified atom stereocenters. The SMILES string of the molecule is CNC(=O)[C@@H](C)N1CCC[C@@H]1c1ccc(OC)cc1OC. The maximum Gasteiger partial charge on any atom is 0.236 e. The molecule has 0 saturated carbocycles. The summed E-state index contributed by atoms with van der Waals surface area (Å²) in [4.78, 5) is 14.2. The molecule has 2 rings (SSSR count). The lowest BCUT2D eigenvalue weighted by molar-refractivity contribution is -0.125. The Morgan fingerprint density at radius 3 is 2.76 bits per heavy atom. The number of hydrogen-bond donors (Lipinski definition) is 1. The molecule has 1 aromatic rings. The molecular formula is C16H24N2O3. The first-order valence-electron chi connectivity index (χ1n) is 7.31. The van der Waals surface area contributed by atoms with E-state index in [2.05, 4.69) is 10.2 Å². The number of nitrogens with one attached hydrogen (secondary N) is 1. The Morgan fingerprint density at radius 2 is 2.14 bits per heavy atom. The van der Waals surface area contributed by atoms with Crippen molar-refractivity contribution in [2.24, 2.45) is 0 Å². The molecular weight excluding hydrogens is 268 g/mol. The highest BCUT2D eigenvalue weighted by Gasteiger charge is 2.34. The highest BCUT2D eigenvalue weighted by molar-refractivity contribution is 5.81. The normalized spacial score (nSPS) is 20.1. The number of hydrogen-bond acceptors (Lipinski definition) is 4. The van der Waals surface area contributed by atoms with Crippen LogP contribution in [0.2, 0.25) is 0 Å². The summed E-state index contributed by atoms with van der Waals surface area (Å²) in [5, 5.41) is 2.73. The van der Waals surface area contributed by atoms with Gasteiger partial charge in [0.05, 0.1) is 20.3 Å². The standard InChI is InChI=1S/C16H24N2O3/c1-11(16(19)17-2)18-9-5-6-14(18)13-8-7-12(20-3)10-15(13)21-4/h7-8,10-11,14H,5-6,9H2,1-4H3,(H,17,19)/t11-,14-/m1/s1. The lowest BCUT2D eigenvalue weighted by atomic mass is 10.0. The monoisotopic (exact) mass is 292 g/mol. The van der Waals surface area contributed by atoms with E-state index < -0.39 is 0 Å². The zero-order valence-electron chi connectivity index (χ0n) is 13.2. The molecule has 1 fully saturated rings. The molecule has 1 aliphatic rings. The van der Waals surface area contributed by atoms with Gasteiger partial charge >= 0.3 is 0 Å². The molecule has 0 aromatic heterocycles. The van der Waals surface area contributed by atoms with E-state index in [9.17, 15) is 4.79 Å². The van der Waals surface area contributed by atoms with Crippen LogP contribution in [-0.4, -0.2) is 44.7 Å². The minimum atomic E-state index is -0.144. The van der Waals surface area contributed by atoms with Crippen LogP contribution in [0.1, 0.15) is 31.4 Å². The van der Waals surface area contributed by atoms with Crippen LogP contribution in [0.5, 0.6) is 11.5 Å². The molecule has 1 amide bonds. The minimum absolute atomic E-state index is 0.0504. The van der Waals surface area contributed by atoms with Crippen molar-refractivity contribution in [2.45, 2.75) is 31.8 Å². The number of rotatable bonds is 5. The van der Waals surface area contributed by atoms with E-state index in [4.69, 9.17) is 9.47 Å². The lowest BCUT2D eigenvalue weighted by Crippen LogP contribution is -2.43. The van der Waals surface area contributed by atoms with Gasteiger partial charge in [-0.05, 0) is 32.4 Å². The van der Waals surface area contributed by atoms with Crippen LogP contribution >= 0.6 is 0 Å². The van der Waals surface area contributed by atoms with Gasteiger partial charge in [0, 0.05) is 24.7 Å². The molecule has 1 aliphatic heterocycles. The van der Waals surface area contributed by atoms with Gasteiger partial charge in [-0.15, -0.1) is 0 Å². The van der Waals surface area contributed by atoms with E-state index in [-0.39, 0.29) is 18.0 Å². The van der Waals surface area contributed by atoms with Gasteiger partial charge < -0.3 is 14.8 Å². The van der Waals surface area contributed by atoms with Crippen LogP contribution in [0.15, 0.2) is 18.2 Å². The second-order valence-electron chi connectivity index (χ2n) is 5.29. The average molecular weight is 292 g/mol. The summed E-state index contributed by atoms with van der Waals surface area (Å²) in [7, 11) is 4.99. The first-order valence-corrected chi connectivity index (χ1v) is 7.31. The van der Waals surface area contributed by atoms with Crippen molar-refractivity contribution in [1.82, 2.24) is 10.2 Å². The topological polar surface area (TPSA) is 50.8 Å². The quantitative estimate of drug-likeness (QED) is 0.901. The fourth-order valence-corrected chi connectivity index (χ4v) is 3.04. The van der Waals surface area contributed by atoms with Crippen LogP contribution in [0.25, 0.3) is 0 Å². The number of methoxy groups -OCH3 is 2. The number of nitrogens with zero attached hydrogens (tertiary/aromatic N) is 1. The van der Waals surface area contributed by atoms with E-state index >= 15 is 0 Å². The summed E-state index contributed by atoms with van der Waals surface area (Å²) in [6.45, 7) is 2.88. The van der Waals surface area contributed by atoms with Gasteiger partial charge in [-0.2, -0.15) is 0 Å². The van der Waals surface area contributed by atoms with Gasteiger partial charge in [0.25, 0.3) is 0 Å². The number of carbonyl (C=O) groups excluding carboxylic acids is 1. The number of benzene rings is 1. The third-order valence-electron chi connectivity index (χ3n) is 4.22. The van der Waals surface area contributed by atoms with Crippen LogP contribution in [0, 0.1) is 0 Å². The predicted octanol–water partition coefficient (Wildman–Crippen LogP) is 1.98. The largest absolute Gasteiger partial charge is 0.497 e. The second-order valence-corrected chi connectivity index (χ2v) is 5.29. The van der Waals surface area contributed by atoms with Gasteiger partial charge in [-0.1, -0.05) is 6.07 Å². The molecule has 1 heterocycles. The molecule has 5 heteroatoms. The number of likely N-dealkylation sites (N-methyl/N-ethyl adjacent to an activating group) is 1. The Bertz CT molecular complexity index is 504. The molecule has 1 aromatic carbocycles. The van der Waals surface area contributed by atoms with Crippen LogP contribution < -0.4 is 14.8 Å². The van der Waals surface area contributed by atoms with E-state index in [1.807, 2.05) is 25.1 Å². The van der Waals surface area contributed by atoms with Crippen molar-refractivity contribution in [3.63, 3.8) is 0 Å². The third kappa shape index (κ3) is 3.13. The molecule has 1 N–H and O–H groups in total. The molecule has 2 atom stereocenters. The molecule has 1 saturated heterocycles. The van der Waals surface area contributed by atoms with Gasteiger partial charge in [-0.25, -0.2) is 0 Å². The van der Waals surface area contributed by atoms with E-state index in [0.717, 1.165) is 36.4 Å². The molecule has 0 aliphatic carbocycles. The van der Waals surface area contributed by atoms with Crippen molar-refractivity contribution in [3.05, 3.63) is 23.8 Å². The van der Waals surface area contributed by atoms with Gasteiger partial charge in [0.2, 0.25) is 5.91 Å². The van der Waals surface area contributed by atoms with Crippen LogP contribution in [-0.2, 0) is 4.79 Å². The first-order chi connectivity index (χ1) is 10.1. The Morgan fingerprint density at radius 1 is 1.38 bits per heavy atom. The highest BCUT2D eigenvalue weighted by Crippen LogP contribution is 2.39. The van der Waals surface area contributed by atoms with Gasteiger partial charge in [-0.3, -0.25) is 9.69 Å². The fourth-order valence-electron chi connectivity index (χ4n) is 3.04. The molecule has 116 valence electrons. The Hall–Kier alpha value is -1.75. The summed E-state index contributed by atoms with van der Waals surface area (Å²) in [6, 6.07) is 5.94. The summed E-state index contributed by atoms with van der Waals surface area (Å²) in [5.74, 6) is 1.64. The Balaban J connectivity index is 2.29. The molecule has 0 bridgehead atoms. The van der Waals surface area contributed by atoms with Crippen LogP contribution in [0.3, 0.4) is 0 Å². The average Bonchev–Trinajstić information content (AvgIpc) is 3.01. The summed E-state index contributed by atoms with van der Waals surface area (Å²) in [6.07, 6.45) is 2.12. The highest BCUT2D eigenvalue weighted by atomic mass is 16.5. The van der Waals surface area contributed by atoms with Crippen molar-refractivity contribution in [3.8, 4) is 11.5 Å². The van der Waals surface area contributed by atoms with E-state index in [0.29, 0.717) is 0 Å². The number of likely N-dealkylation sites (tertiary alicyclic amines) is 1. The molecule has 0 spiro atoms. The van der Waals surface area contributed by atoms with Crippen molar-refractivity contribution < 1.29 is 14.3 Å². The van der Waals surface area contributed by atoms with E-state index in [1.165, 1.54) is 0 Å². The zero-order valence-corrected chi connectivity index (χ0v) is 13.2. The Kier molecular flexibility index (Phi) is 5.07. The lowest BCUT2D eigenvalue weighted by Gasteiger charge is -2.30. The van der Waals surface area contributed by atoms with Crippen molar-refractivity contribution in [1.29, 1.82) is 0 Å². The second kappa shape index (κ2) is 6.80. The number of carbonyl (C=O) groups is 1. The zero-order chi connectivity index (χ0) is 15.4. The molecule has 5 nitrogen and oxygen atoms in total. The predicted molar refractivity (Wildman–Crippen MR) is 81.8 cm³/mol. The van der Waals surface area contributed by atoms with Crippen molar-refractivity contribution >= 4 is 5.91 Å².